The highest BCUT2D eigenvalue weighted by atomic mass is 79.9. The molecular weight excluding hydrogens is 484 g/mol. The van der Waals surface area contributed by atoms with E-state index in [1.165, 1.54) is 6.08 Å². The van der Waals surface area contributed by atoms with E-state index in [4.69, 9.17) is 17.0 Å². The summed E-state index contributed by atoms with van der Waals surface area (Å²) in [6.45, 7) is 0.413. The lowest BCUT2D eigenvalue weighted by Gasteiger charge is -2.16. The zero-order chi connectivity index (χ0) is 18.7. The van der Waals surface area contributed by atoms with Crippen molar-refractivity contribution in [2.24, 2.45) is 0 Å². The van der Waals surface area contributed by atoms with Crippen LogP contribution in [-0.2, 0) is 16.2 Å². The van der Waals surface area contributed by atoms with Crippen LogP contribution in [0.3, 0.4) is 0 Å². The van der Waals surface area contributed by atoms with E-state index >= 15 is 0 Å². The van der Waals surface area contributed by atoms with Crippen molar-refractivity contribution < 1.29 is 14.3 Å². The average Bonchev–Trinajstić information content (AvgIpc) is 2.58. The first kappa shape index (κ1) is 18.8. The summed E-state index contributed by atoms with van der Waals surface area (Å²) < 4.78 is 7.72. The summed E-state index contributed by atoms with van der Waals surface area (Å²) in [5.41, 5.74) is 1.73. The van der Waals surface area contributed by atoms with Crippen LogP contribution in [0.2, 0.25) is 0 Å². The maximum atomic E-state index is 11.8. The van der Waals surface area contributed by atoms with Gasteiger partial charge in [-0.25, -0.2) is 0 Å². The van der Waals surface area contributed by atoms with E-state index < -0.39 is 11.8 Å². The quantitative estimate of drug-likeness (QED) is 0.385. The third-order valence-corrected chi connectivity index (χ3v) is 4.98. The summed E-state index contributed by atoms with van der Waals surface area (Å²) in [6.07, 6.45) is 1.50. The molecule has 2 amide bonds. The molecule has 2 aromatic carbocycles. The SMILES string of the molecule is O=C1NC(=S)NC(=O)C1=Cc1ccc(OCc2ccc(Br)cc2Br)cc1. The van der Waals surface area contributed by atoms with E-state index in [0.29, 0.717) is 17.9 Å². The van der Waals surface area contributed by atoms with Gasteiger partial charge in [-0.2, -0.15) is 0 Å². The Hall–Kier alpha value is -2.03. The standard InChI is InChI=1S/C18H12Br2N2O3S/c19-12-4-3-11(15(20)8-12)9-25-13-5-1-10(2-6-13)7-14-16(23)21-18(26)22-17(14)24/h1-8H,9H2,(H2,21,22,23,24,26). The topological polar surface area (TPSA) is 67.4 Å². The Kier molecular flexibility index (Phi) is 5.85. The Labute approximate surface area is 172 Å². The van der Waals surface area contributed by atoms with Gasteiger partial charge >= 0.3 is 0 Å². The monoisotopic (exact) mass is 494 g/mol. The van der Waals surface area contributed by atoms with Gasteiger partial charge in [0.05, 0.1) is 0 Å². The third-order valence-electron chi connectivity index (χ3n) is 3.54. The van der Waals surface area contributed by atoms with Crippen LogP contribution < -0.4 is 15.4 Å². The van der Waals surface area contributed by atoms with Crippen molar-refractivity contribution in [2.45, 2.75) is 6.61 Å². The highest BCUT2D eigenvalue weighted by Crippen LogP contribution is 2.24. The van der Waals surface area contributed by atoms with Crippen LogP contribution in [0, 0.1) is 0 Å². The fraction of sp³-hybridized carbons (Fsp3) is 0.0556. The molecule has 1 fully saturated rings. The maximum Gasteiger partial charge on any atom is 0.263 e. The van der Waals surface area contributed by atoms with E-state index in [9.17, 15) is 9.59 Å². The smallest absolute Gasteiger partial charge is 0.263 e. The predicted octanol–water partition coefficient (Wildman–Crippen LogP) is 3.70. The molecule has 0 bridgehead atoms. The van der Waals surface area contributed by atoms with Crippen LogP contribution in [0.5, 0.6) is 5.75 Å². The number of thiocarbonyl (C=S) groups is 1. The lowest BCUT2D eigenvalue weighted by atomic mass is 10.1. The van der Waals surface area contributed by atoms with Crippen LogP contribution in [0.1, 0.15) is 11.1 Å². The molecule has 132 valence electrons. The molecule has 0 spiro atoms. The Morgan fingerprint density at radius 1 is 1.00 bits per heavy atom. The molecule has 0 aromatic heterocycles. The number of rotatable bonds is 4. The molecule has 26 heavy (non-hydrogen) atoms. The highest BCUT2D eigenvalue weighted by Gasteiger charge is 2.25. The van der Waals surface area contributed by atoms with Gasteiger partial charge in [0.25, 0.3) is 11.8 Å². The molecule has 8 heteroatoms. The molecule has 1 saturated heterocycles. The Morgan fingerprint density at radius 2 is 1.65 bits per heavy atom. The second-order valence-electron chi connectivity index (χ2n) is 5.39. The average molecular weight is 496 g/mol. The molecule has 2 N–H and O–H groups in total. The second-order valence-corrected chi connectivity index (χ2v) is 7.57. The van der Waals surface area contributed by atoms with Gasteiger partial charge < -0.3 is 4.74 Å². The van der Waals surface area contributed by atoms with Crippen LogP contribution in [0.25, 0.3) is 6.08 Å². The van der Waals surface area contributed by atoms with E-state index in [1.54, 1.807) is 24.3 Å². The van der Waals surface area contributed by atoms with Gasteiger partial charge in [-0.05, 0) is 48.1 Å². The van der Waals surface area contributed by atoms with Gasteiger partial charge in [0.2, 0.25) is 0 Å². The Morgan fingerprint density at radius 3 is 2.27 bits per heavy atom. The summed E-state index contributed by atoms with van der Waals surface area (Å²) >= 11 is 11.7. The van der Waals surface area contributed by atoms with E-state index in [2.05, 4.69) is 42.5 Å². The zero-order valence-electron chi connectivity index (χ0n) is 13.2. The summed E-state index contributed by atoms with van der Waals surface area (Å²) in [5, 5.41) is 4.81. The van der Waals surface area contributed by atoms with Crippen molar-refractivity contribution in [2.75, 3.05) is 0 Å². The summed E-state index contributed by atoms with van der Waals surface area (Å²) in [6, 6.07) is 13.0. The molecule has 0 saturated carbocycles. The van der Waals surface area contributed by atoms with Gasteiger partial charge in [0.1, 0.15) is 17.9 Å². The molecule has 0 radical (unpaired) electrons. The van der Waals surface area contributed by atoms with Crippen molar-refractivity contribution in [3.05, 3.63) is 68.1 Å². The van der Waals surface area contributed by atoms with Gasteiger partial charge in [-0.1, -0.05) is 50.1 Å². The predicted molar refractivity (Wildman–Crippen MR) is 109 cm³/mol. The first-order valence-corrected chi connectivity index (χ1v) is 9.47. The molecule has 1 heterocycles. The van der Waals surface area contributed by atoms with Gasteiger partial charge in [-0.15, -0.1) is 0 Å². The zero-order valence-corrected chi connectivity index (χ0v) is 17.2. The Balaban J connectivity index is 1.68. The third kappa shape index (κ3) is 4.57. The van der Waals surface area contributed by atoms with Gasteiger partial charge in [-0.3, -0.25) is 20.2 Å². The summed E-state index contributed by atoms with van der Waals surface area (Å²) in [7, 11) is 0. The molecule has 1 aliphatic rings. The highest BCUT2D eigenvalue weighted by molar-refractivity contribution is 9.11. The number of carbonyl (C=O) groups excluding carboxylic acids is 2. The number of amides is 2. The summed E-state index contributed by atoms with van der Waals surface area (Å²) in [4.78, 5) is 23.7. The maximum absolute atomic E-state index is 11.8. The molecular formula is C18H12Br2N2O3S. The van der Waals surface area contributed by atoms with Crippen molar-refractivity contribution in [3.8, 4) is 5.75 Å². The number of halogens is 2. The van der Waals surface area contributed by atoms with Crippen molar-refractivity contribution in [1.29, 1.82) is 0 Å². The molecule has 2 aromatic rings. The number of nitrogens with one attached hydrogen (secondary N) is 2. The van der Waals surface area contributed by atoms with E-state index in [1.807, 2.05) is 18.2 Å². The van der Waals surface area contributed by atoms with Gasteiger partial charge in [0.15, 0.2) is 5.11 Å². The largest absolute Gasteiger partial charge is 0.489 e. The minimum Gasteiger partial charge on any atom is -0.489 e. The first-order chi connectivity index (χ1) is 12.4. The summed E-state index contributed by atoms with van der Waals surface area (Å²) in [5.74, 6) is -0.348. The van der Waals surface area contributed by atoms with Crippen LogP contribution in [0.4, 0.5) is 0 Å². The van der Waals surface area contributed by atoms with Crippen molar-refractivity contribution in [1.82, 2.24) is 10.6 Å². The molecule has 3 rings (SSSR count). The van der Waals surface area contributed by atoms with Crippen LogP contribution in [-0.4, -0.2) is 16.9 Å². The first-order valence-electron chi connectivity index (χ1n) is 7.47. The van der Waals surface area contributed by atoms with Crippen LogP contribution in [0.15, 0.2) is 57.0 Å². The van der Waals surface area contributed by atoms with Crippen molar-refractivity contribution in [3.63, 3.8) is 0 Å². The van der Waals surface area contributed by atoms with Crippen LogP contribution >= 0.6 is 44.1 Å². The van der Waals surface area contributed by atoms with Crippen molar-refractivity contribution >= 4 is 67.1 Å². The Bertz CT molecular complexity index is 905. The fourth-order valence-corrected chi connectivity index (χ4v) is 3.58. The van der Waals surface area contributed by atoms with E-state index in [0.717, 1.165) is 14.5 Å². The normalized spacial score (nSPS) is 13.9. The molecule has 0 atom stereocenters. The number of carbonyl (C=O) groups is 2. The number of hydrogen-bond acceptors (Lipinski definition) is 4. The number of hydrogen-bond donors (Lipinski definition) is 2. The second kappa shape index (κ2) is 8.11. The van der Waals surface area contributed by atoms with Gasteiger partial charge in [0, 0.05) is 14.5 Å². The molecule has 1 aliphatic heterocycles. The lowest BCUT2D eigenvalue weighted by Crippen LogP contribution is -2.51. The molecule has 5 nitrogen and oxygen atoms in total. The lowest BCUT2D eigenvalue weighted by molar-refractivity contribution is -0.123. The van der Waals surface area contributed by atoms with E-state index in [-0.39, 0.29) is 10.7 Å². The minimum absolute atomic E-state index is 0.00561. The number of benzene rings is 2. The molecule has 0 unspecified atom stereocenters. The number of ether oxygens (including phenoxy) is 1. The fourth-order valence-electron chi connectivity index (χ4n) is 2.23. The molecule has 0 aliphatic carbocycles. The minimum atomic E-state index is -0.515.